The molecule has 2 rings (SSSR count). The number of aromatic nitrogens is 1. The molecule has 0 aromatic carbocycles. The van der Waals surface area contributed by atoms with E-state index in [4.69, 9.17) is 4.42 Å². The summed E-state index contributed by atoms with van der Waals surface area (Å²) in [6.07, 6.45) is 6.46. The minimum Gasteiger partial charge on any atom is -0.446 e. The van der Waals surface area contributed by atoms with Gasteiger partial charge in [0.15, 0.2) is 5.89 Å². The van der Waals surface area contributed by atoms with Crippen LogP contribution in [-0.2, 0) is 12.8 Å². The first-order valence-electron chi connectivity index (χ1n) is 6.46. The standard InChI is InChI=1S/C13H22N2OS/c1-10(14-2)7-12-9-15-13(16-12)8-11-3-5-17-6-4-11/h9-11,14H,3-8H2,1-2H3. The second kappa shape index (κ2) is 6.45. The number of hydrogen-bond acceptors (Lipinski definition) is 4. The van der Waals surface area contributed by atoms with Gasteiger partial charge in [-0.1, -0.05) is 0 Å². The molecule has 0 aliphatic carbocycles. The van der Waals surface area contributed by atoms with Crippen LogP contribution in [0.4, 0.5) is 0 Å². The highest BCUT2D eigenvalue weighted by Gasteiger charge is 2.17. The van der Waals surface area contributed by atoms with Crippen molar-refractivity contribution in [3.63, 3.8) is 0 Å². The Hall–Kier alpha value is -0.480. The Morgan fingerprint density at radius 2 is 2.29 bits per heavy atom. The monoisotopic (exact) mass is 254 g/mol. The van der Waals surface area contributed by atoms with E-state index >= 15 is 0 Å². The lowest BCUT2D eigenvalue weighted by atomic mass is 9.99. The summed E-state index contributed by atoms with van der Waals surface area (Å²) in [4.78, 5) is 4.40. The van der Waals surface area contributed by atoms with Gasteiger partial charge in [0.05, 0.1) is 6.20 Å². The number of thioether (sulfide) groups is 1. The summed E-state index contributed by atoms with van der Waals surface area (Å²) in [5.74, 6) is 5.32. The summed E-state index contributed by atoms with van der Waals surface area (Å²) in [5, 5.41) is 3.21. The lowest BCUT2D eigenvalue weighted by Crippen LogP contribution is -2.23. The van der Waals surface area contributed by atoms with Crippen LogP contribution >= 0.6 is 11.8 Å². The lowest BCUT2D eigenvalue weighted by Gasteiger charge is -2.19. The van der Waals surface area contributed by atoms with Crippen LogP contribution in [0.2, 0.25) is 0 Å². The Balaban J connectivity index is 1.84. The summed E-state index contributed by atoms with van der Waals surface area (Å²) >= 11 is 2.07. The van der Waals surface area contributed by atoms with Crippen molar-refractivity contribution in [1.82, 2.24) is 10.3 Å². The van der Waals surface area contributed by atoms with Gasteiger partial charge in [0, 0.05) is 18.9 Å². The smallest absolute Gasteiger partial charge is 0.194 e. The molecule has 4 heteroatoms. The normalized spacial score (nSPS) is 19.4. The molecule has 1 atom stereocenters. The van der Waals surface area contributed by atoms with Crippen molar-refractivity contribution in [1.29, 1.82) is 0 Å². The summed E-state index contributed by atoms with van der Waals surface area (Å²) in [6, 6.07) is 0.446. The number of hydrogen-bond donors (Lipinski definition) is 1. The Labute approximate surface area is 108 Å². The Morgan fingerprint density at radius 3 is 3.00 bits per heavy atom. The van der Waals surface area contributed by atoms with Crippen LogP contribution in [0.25, 0.3) is 0 Å². The first-order chi connectivity index (χ1) is 8.28. The molecular weight excluding hydrogens is 232 g/mol. The predicted molar refractivity (Wildman–Crippen MR) is 72.5 cm³/mol. The van der Waals surface area contributed by atoms with E-state index in [-0.39, 0.29) is 0 Å². The van der Waals surface area contributed by atoms with E-state index in [1.165, 1.54) is 24.3 Å². The van der Waals surface area contributed by atoms with Crippen molar-refractivity contribution in [2.75, 3.05) is 18.6 Å². The van der Waals surface area contributed by atoms with Crippen LogP contribution in [0, 0.1) is 5.92 Å². The summed E-state index contributed by atoms with van der Waals surface area (Å²) in [6.45, 7) is 2.15. The topological polar surface area (TPSA) is 38.1 Å². The summed E-state index contributed by atoms with van der Waals surface area (Å²) in [5.41, 5.74) is 0. The van der Waals surface area contributed by atoms with Crippen LogP contribution < -0.4 is 5.32 Å². The maximum Gasteiger partial charge on any atom is 0.194 e. The highest BCUT2D eigenvalue weighted by molar-refractivity contribution is 7.99. The minimum absolute atomic E-state index is 0.446. The van der Waals surface area contributed by atoms with E-state index in [0.29, 0.717) is 6.04 Å². The van der Waals surface area contributed by atoms with Gasteiger partial charge in [-0.2, -0.15) is 11.8 Å². The molecule has 1 unspecified atom stereocenters. The zero-order valence-electron chi connectivity index (χ0n) is 10.7. The van der Waals surface area contributed by atoms with Crippen molar-refractivity contribution in [3.05, 3.63) is 17.8 Å². The van der Waals surface area contributed by atoms with Gasteiger partial charge in [0.2, 0.25) is 0 Å². The van der Waals surface area contributed by atoms with E-state index < -0.39 is 0 Å². The second-order valence-corrected chi connectivity index (χ2v) is 6.10. The molecule has 96 valence electrons. The highest BCUT2D eigenvalue weighted by atomic mass is 32.2. The Bertz CT molecular complexity index is 334. The van der Waals surface area contributed by atoms with Gasteiger partial charge in [-0.15, -0.1) is 0 Å². The molecule has 2 heterocycles. The van der Waals surface area contributed by atoms with Gasteiger partial charge in [-0.05, 0) is 44.2 Å². The second-order valence-electron chi connectivity index (χ2n) is 4.87. The quantitative estimate of drug-likeness (QED) is 0.876. The van der Waals surface area contributed by atoms with Crippen molar-refractivity contribution in [2.24, 2.45) is 5.92 Å². The average Bonchev–Trinajstić information content (AvgIpc) is 2.77. The third-order valence-corrected chi connectivity index (χ3v) is 4.45. The molecule has 0 spiro atoms. The van der Waals surface area contributed by atoms with Crippen molar-refractivity contribution >= 4 is 11.8 Å². The predicted octanol–water partition coefficient (Wildman–Crippen LogP) is 2.51. The Kier molecular flexibility index (Phi) is 4.92. The molecule has 0 amide bonds. The number of nitrogens with zero attached hydrogens (tertiary/aromatic N) is 1. The zero-order valence-corrected chi connectivity index (χ0v) is 11.6. The number of likely N-dealkylation sites (N-methyl/N-ethyl adjacent to an activating group) is 1. The minimum atomic E-state index is 0.446. The SMILES string of the molecule is CNC(C)Cc1cnc(CC2CCSCC2)o1. The molecular formula is C13H22N2OS. The molecule has 1 fully saturated rings. The zero-order chi connectivity index (χ0) is 12.1. The molecule has 0 saturated carbocycles. The first kappa shape index (κ1) is 13.0. The molecule has 0 radical (unpaired) electrons. The van der Waals surface area contributed by atoms with Gasteiger partial charge in [0.1, 0.15) is 5.76 Å². The number of nitrogens with one attached hydrogen (secondary N) is 1. The van der Waals surface area contributed by atoms with Gasteiger partial charge < -0.3 is 9.73 Å². The largest absolute Gasteiger partial charge is 0.446 e. The number of oxazole rings is 1. The van der Waals surface area contributed by atoms with Crippen LogP contribution in [0.5, 0.6) is 0 Å². The number of rotatable bonds is 5. The molecule has 1 aromatic heterocycles. The van der Waals surface area contributed by atoms with E-state index in [9.17, 15) is 0 Å². The van der Waals surface area contributed by atoms with Crippen molar-refractivity contribution in [2.45, 2.75) is 38.6 Å². The van der Waals surface area contributed by atoms with Gasteiger partial charge in [0.25, 0.3) is 0 Å². The maximum absolute atomic E-state index is 5.80. The van der Waals surface area contributed by atoms with E-state index in [1.54, 1.807) is 0 Å². The molecule has 17 heavy (non-hydrogen) atoms. The first-order valence-corrected chi connectivity index (χ1v) is 7.62. The Morgan fingerprint density at radius 1 is 1.53 bits per heavy atom. The molecule has 1 aromatic rings. The maximum atomic E-state index is 5.80. The van der Waals surface area contributed by atoms with Crippen molar-refractivity contribution in [3.8, 4) is 0 Å². The van der Waals surface area contributed by atoms with Crippen LogP contribution in [-0.4, -0.2) is 29.6 Å². The van der Waals surface area contributed by atoms with Crippen LogP contribution in [0.1, 0.15) is 31.4 Å². The molecule has 3 nitrogen and oxygen atoms in total. The fourth-order valence-corrected chi connectivity index (χ4v) is 3.34. The molecule has 1 aliphatic heterocycles. The third-order valence-electron chi connectivity index (χ3n) is 3.41. The summed E-state index contributed by atoms with van der Waals surface area (Å²) < 4.78 is 5.80. The average molecular weight is 254 g/mol. The van der Waals surface area contributed by atoms with Crippen LogP contribution in [0.3, 0.4) is 0 Å². The fraction of sp³-hybridized carbons (Fsp3) is 0.769. The molecule has 0 bridgehead atoms. The van der Waals surface area contributed by atoms with Gasteiger partial charge >= 0.3 is 0 Å². The third kappa shape index (κ3) is 4.03. The van der Waals surface area contributed by atoms with Crippen molar-refractivity contribution < 1.29 is 4.42 Å². The van der Waals surface area contributed by atoms with E-state index in [2.05, 4.69) is 29.0 Å². The molecule has 1 aliphatic rings. The fourth-order valence-electron chi connectivity index (χ4n) is 2.14. The molecule has 1 N–H and O–H groups in total. The van der Waals surface area contributed by atoms with Gasteiger partial charge in [-0.3, -0.25) is 0 Å². The van der Waals surface area contributed by atoms with Gasteiger partial charge in [-0.25, -0.2) is 4.98 Å². The molecule has 1 saturated heterocycles. The van der Waals surface area contributed by atoms with Crippen LogP contribution in [0.15, 0.2) is 10.6 Å². The summed E-state index contributed by atoms with van der Waals surface area (Å²) in [7, 11) is 1.97. The lowest BCUT2D eigenvalue weighted by molar-refractivity contribution is 0.384. The highest BCUT2D eigenvalue weighted by Crippen LogP contribution is 2.25. The van der Waals surface area contributed by atoms with E-state index in [1.807, 2.05) is 13.2 Å². The van der Waals surface area contributed by atoms with E-state index in [0.717, 1.165) is 30.4 Å².